The van der Waals surface area contributed by atoms with Gasteiger partial charge in [0.05, 0.1) is 10.6 Å². The molecule has 8 heteroatoms. The lowest BCUT2D eigenvalue weighted by molar-refractivity contribution is -0.384. The molecule has 1 atom stereocenters. The fourth-order valence-electron chi connectivity index (χ4n) is 2.15. The Bertz CT molecular complexity index is 628. The van der Waals surface area contributed by atoms with Crippen LogP contribution in [-0.4, -0.2) is 22.8 Å². The Balaban J connectivity index is 2.39. The zero-order valence-corrected chi connectivity index (χ0v) is 11.2. The average Bonchev–Trinajstić information content (AvgIpc) is 2.43. The van der Waals surface area contributed by atoms with Crippen LogP contribution >= 0.6 is 0 Å². The number of rotatable bonds is 4. The molecule has 1 aromatic rings. The standard InChI is InChI=1S/C13H13N3O5/c1-2-4-10-11(17)14-13(19)15(12(10)18)8-5-3-6-9(7-8)16(20)21/h3,5-7,10H,2,4H2,1H3,(H,14,17,19). The third-order valence-corrected chi connectivity index (χ3v) is 3.14. The minimum Gasteiger partial charge on any atom is -0.277 e. The first-order valence-corrected chi connectivity index (χ1v) is 6.39. The first kappa shape index (κ1) is 14.6. The highest BCUT2D eigenvalue weighted by Gasteiger charge is 2.40. The summed E-state index contributed by atoms with van der Waals surface area (Å²) in [7, 11) is 0. The third-order valence-electron chi connectivity index (χ3n) is 3.14. The molecule has 1 heterocycles. The number of amides is 4. The Labute approximate surface area is 119 Å². The van der Waals surface area contributed by atoms with Gasteiger partial charge in [-0.1, -0.05) is 19.4 Å². The molecule has 1 aliphatic rings. The van der Waals surface area contributed by atoms with E-state index in [0.29, 0.717) is 12.8 Å². The zero-order valence-electron chi connectivity index (χ0n) is 11.2. The lowest BCUT2D eigenvalue weighted by Gasteiger charge is -2.29. The van der Waals surface area contributed by atoms with Gasteiger partial charge in [0.25, 0.3) is 5.69 Å². The zero-order chi connectivity index (χ0) is 15.6. The SMILES string of the molecule is CCCC1C(=O)NC(=O)N(c2cccc([N+](=O)[O-])c2)C1=O. The summed E-state index contributed by atoms with van der Waals surface area (Å²) in [5.41, 5.74) is -0.169. The summed E-state index contributed by atoms with van der Waals surface area (Å²) in [4.78, 5) is 46.7. The number of non-ortho nitro benzene ring substituents is 1. The molecule has 110 valence electrons. The minimum atomic E-state index is -0.952. The fraction of sp³-hybridized carbons (Fsp3) is 0.308. The van der Waals surface area contributed by atoms with Crippen LogP contribution in [0.5, 0.6) is 0 Å². The number of hydrogen-bond acceptors (Lipinski definition) is 5. The molecule has 1 aliphatic heterocycles. The van der Waals surface area contributed by atoms with Gasteiger partial charge in [-0.05, 0) is 12.5 Å². The van der Waals surface area contributed by atoms with E-state index in [2.05, 4.69) is 5.32 Å². The van der Waals surface area contributed by atoms with Gasteiger partial charge >= 0.3 is 6.03 Å². The highest BCUT2D eigenvalue weighted by Crippen LogP contribution is 2.26. The number of carbonyl (C=O) groups is 3. The smallest absolute Gasteiger partial charge is 0.277 e. The molecule has 1 unspecified atom stereocenters. The number of barbiturate groups is 1. The molecule has 1 aromatic carbocycles. The Morgan fingerprint density at radius 3 is 2.67 bits per heavy atom. The summed E-state index contributed by atoms with van der Waals surface area (Å²) >= 11 is 0. The van der Waals surface area contributed by atoms with Gasteiger partial charge in [-0.15, -0.1) is 0 Å². The van der Waals surface area contributed by atoms with Crippen molar-refractivity contribution in [2.24, 2.45) is 5.92 Å². The fourth-order valence-corrected chi connectivity index (χ4v) is 2.15. The van der Waals surface area contributed by atoms with E-state index >= 15 is 0 Å². The lowest BCUT2D eigenvalue weighted by atomic mass is 9.99. The predicted molar refractivity (Wildman–Crippen MR) is 72.5 cm³/mol. The first-order chi connectivity index (χ1) is 9.95. The normalized spacial score (nSPS) is 18.6. The second-order valence-corrected chi connectivity index (χ2v) is 4.59. The topological polar surface area (TPSA) is 110 Å². The van der Waals surface area contributed by atoms with Crippen LogP contribution < -0.4 is 10.2 Å². The molecule has 0 saturated carbocycles. The maximum atomic E-state index is 12.3. The van der Waals surface area contributed by atoms with E-state index in [1.807, 2.05) is 6.92 Å². The number of carbonyl (C=O) groups excluding carboxylic acids is 3. The Hall–Kier alpha value is -2.77. The molecule has 0 aromatic heterocycles. The molecule has 8 nitrogen and oxygen atoms in total. The summed E-state index contributed by atoms with van der Waals surface area (Å²) in [5.74, 6) is -2.24. The van der Waals surface area contributed by atoms with Crippen LogP contribution in [0.2, 0.25) is 0 Å². The molecule has 4 amide bonds. The average molecular weight is 291 g/mol. The maximum absolute atomic E-state index is 12.3. The highest BCUT2D eigenvalue weighted by molar-refractivity contribution is 6.27. The van der Waals surface area contributed by atoms with Gasteiger partial charge in [-0.3, -0.25) is 25.0 Å². The van der Waals surface area contributed by atoms with Gasteiger partial charge in [-0.25, -0.2) is 9.69 Å². The lowest BCUT2D eigenvalue weighted by Crippen LogP contribution is -2.58. The number of benzene rings is 1. The van der Waals surface area contributed by atoms with Crippen molar-refractivity contribution in [3.8, 4) is 0 Å². The number of anilines is 1. The molecule has 0 spiro atoms. The maximum Gasteiger partial charge on any atom is 0.335 e. The van der Waals surface area contributed by atoms with Gasteiger partial charge in [0.2, 0.25) is 11.8 Å². The second-order valence-electron chi connectivity index (χ2n) is 4.59. The molecule has 21 heavy (non-hydrogen) atoms. The van der Waals surface area contributed by atoms with E-state index in [1.54, 1.807) is 0 Å². The molecule has 0 radical (unpaired) electrons. The number of nitro benzene ring substituents is 1. The van der Waals surface area contributed by atoms with Crippen LogP contribution in [-0.2, 0) is 9.59 Å². The van der Waals surface area contributed by atoms with Crippen LogP contribution in [0.3, 0.4) is 0 Å². The van der Waals surface area contributed by atoms with Crippen molar-refractivity contribution in [2.75, 3.05) is 4.90 Å². The summed E-state index contributed by atoms with van der Waals surface area (Å²) in [5, 5.41) is 12.9. The van der Waals surface area contributed by atoms with E-state index in [0.717, 1.165) is 11.0 Å². The highest BCUT2D eigenvalue weighted by atomic mass is 16.6. The van der Waals surface area contributed by atoms with Crippen LogP contribution in [0, 0.1) is 16.0 Å². The van der Waals surface area contributed by atoms with Crippen molar-refractivity contribution in [3.05, 3.63) is 34.4 Å². The predicted octanol–water partition coefficient (Wildman–Crippen LogP) is 1.59. The van der Waals surface area contributed by atoms with E-state index in [-0.39, 0.29) is 11.4 Å². The van der Waals surface area contributed by atoms with Crippen molar-refractivity contribution in [2.45, 2.75) is 19.8 Å². The quantitative estimate of drug-likeness (QED) is 0.514. The van der Waals surface area contributed by atoms with E-state index in [9.17, 15) is 24.5 Å². The van der Waals surface area contributed by atoms with Crippen molar-refractivity contribution in [1.82, 2.24) is 5.32 Å². The molecular formula is C13H13N3O5. The Morgan fingerprint density at radius 2 is 2.05 bits per heavy atom. The number of imide groups is 2. The Kier molecular flexibility index (Phi) is 3.97. The third kappa shape index (κ3) is 2.73. The largest absolute Gasteiger partial charge is 0.335 e. The number of hydrogen-bond donors (Lipinski definition) is 1. The van der Waals surface area contributed by atoms with Gasteiger partial charge in [-0.2, -0.15) is 0 Å². The molecule has 0 aliphatic carbocycles. The van der Waals surface area contributed by atoms with Crippen molar-refractivity contribution in [3.63, 3.8) is 0 Å². The number of nitro groups is 1. The van der Waals surface area contributed by atoms with Gasteiger partial charge in [0, 0.05) is 12.1 Å². The minimum absolute atomic E-state index is 0.0697. The molecule has 2 rings (SSSR count). The van der Waals surface area contributed by atoms with Crippen LogP contribution in [0.25, 0.3) is 0 Å². The first-order valence-electron chi connectivity index (χ1n) is 6.39. The summed E-state index contributed by atoms with van der Waals surface area (Å²) in [6, 6.07) is 4.27. The summed E-state index contributed by atoms with van der Waals surface area (Å²) < 4.78 is 0. The Morgan fingerprint density at radius 1 is 1.33 bits per heavy atom. The van der Waals surface area contributed by atoms with Crippen molar-refractivity contribution in [1.29, 1.82) is 0 Å². The van der Waals surface area contributed by atoms with Gasteiger partial charge in [0.15, 0.2) is 0 Å². The van der Waals surface area contributed by atoms with Crippen molar-refractivity contribution >= 4 is 29.2 Å². The number of nitrogens with zero attached hydrogens (tertiary/aromatic N) is 2. The van der Waals surface area contributed by atoms with Crippen LogP contribution in [0.1, 0.15) is 19.8 Å². The van der Waals surface area contributed by atoms with E-state index < -0.39 is 28.7 Å². The molecule has 1 N–H and O–H groups in total. The molecule has 0 bridgehead atoms. The van der Waals surface area contributed by atoms with E-state index in [1.165, 1.54) is 18.2 Å². The monoisotopic (exact) mass is 291 g/mol. The summed E-state index contributed by atoms with van der Waals surface area (Å²) in [6.45, 7) is 1.81. The van der Waals surface area contributed by atoms with E-state index in [4.69, 9.17) is 0 Å². The summed E-state index contributed by atoms with van der Waals surface area (Å²) in [6.07, 6.45) is 0.907. The number of urea groups is 1. The van der Waals surface area contributed by atoms with Crippen LogP contribution in [0.15, 0.2) is 24.3 Å². The van der Waals surface area contributed by atoms with Crippen LogP contribution in [0.4, 0.5) is 16.2 Å². The molecule has 1 fully saturated rings. The van der Waals surface area contributed by atoms with Gasteiger partial charge in [0.1, 0.15) is 5.92 Å². The molecule has 1 saturated heterocycles. The van der Waals surface area contributed by atoms with Crippen molar-refractivity contribution < 1.29 is 19.3 Å². The second kappa shape index (κ2) is 5.70. The molecular weight excluding hydrogens is 278 g/mol. The van der Waals surface area contributed by atoms with Gasteiger partial charge < -0.3 is 0 Å². The number of nitrogens with one attached hydrogen (secondary N) is 1.